The third-order valence-corrected chi connectivity index (χ3v) is 2.67. The van der Waals surface area contributed by atoms with Gasteiger partial charge in [-0.15, -0.1) is 0 Å². The summed E-state index contributed by atoms with van der Waals surface area (Å²) in [5, 5.41) is 9.24. The van der Waals surface area contributed by atoms with E-state index < -0.39 is 6.10 Å². The van der Waals surface area contributed by atoms with Crippen LogP contribution in [0.15, 0.2) is 30.3 Å². The number of nitrogens with zero attached hydrogens (tertiary/aromatic N) is 2. The lowest BCUT2D eigenvalue weighted by Gasteiger charge is -2.22. The van der Waals surface area contributed by atoms with Crippen LogP contribution in [-0.4, -0.2) is 54.1 Å². The molecule has 0 spiro atoms. The van der Waals surface area contributed by atoms with Gasteiger partial charge in [0.2, 0.25) is 5.91 Å². The Labute approximate surface area is 109 Å². The zero-order chi connectivity index (χ0) is 13.5. The summed E-state index contributed by atoms with van der Waals surface area (Å²) in [4.78, 5) is 15.5. The Morgan fingerprint density at radius 2 is 1.89 bits per heavy atom. The van der Waals surface area contributed by atoms with E-state index in [-0.39, 0.29) is 5.91 Å². The van der Waals surface area contributed by atoms with Crippen molar-refractivity contribution in [3.05, 3.63) is 35.9 Å². The van der Waals surface area contributed by atoms with E-state index in [1.165, 1.54) is 0 Å². The van der Waals surface area contributed by atoms with Crippen LogP contribution in [0.2, 0.25) is 0 Å². The fraction of sp³-hybridized carbons (Fsp3) is 0.500. The highest BCUT2D eigenvalue weighted by Crippen LogP contribution is 2.03. The van der Waals surface area contributed by atoms with Gasteiger partial charge in [0.1, 0.15) is 0 Å². The van der Waals surface area contributed by atoms with Crippen molar-refractivity contribution in [2.75, 3.05) is 27.2 Å². The molecule has 4 nitrogen and oxygen atoms in total. The molecule has 4 heteroatoms. The molecule has 1 amide bonds. The number of carbonyl (C=O) groups excluding carboxylic acids is 1. The SMILES string of the molecule is CC(O)CN(C)CC(=O)N(C)Cc1ccccc1. The van der Waals surface area contributed by atoms with Gasteiger partial charge >= 0.3 is 0 Å². The monoisotopic (exact) mass is 250 g/mol. The normalized spacial score (nSPS) is 12.5. The topological polar surface area (TPSA) is 43.8 Å². The van der Waals surface area contributed by atoms with E-state index in [9.17, 15) is 9.90 Å². The van der Waals surface area contributed by atoms with Gasteiger partial charge in [0, 0.05) is 20.1 Å². The third kappa shape index (κ3) is 5.29. The molecule has 0 aliphatic heterocycles. The number of carbonyl (C=O) groups is 1. The van der Waals surface area contributed by atoms with E-state index >= 15 is 0 Å². The molecule has 1 atom stereocenters. The molecule has 0 aliphatic rings. The number of rotatable bonds is 6. The Bertz CT molecular complexity index is 365. The fourth-order valence-electron chi connectivity index (χ4n) is 1.81. The molecule has 0 radical (unpaired) electrons. The summed E-state index contributed by atoms with van der Waals surface area (Å²) in [5.74, 6) is 0.0574. The Hall–Kier alpha value is -1.39. The van der Waals surface area contributed by atoms with Crippen LogP contribution in [0.5, 0.6) is 0 Å². The lowest BCUT2D eigenvalue weighted by atomic mass is 10.2. The van der Waals surface area contributed by atoms with E-state index in [0.29, 0.717) is 19.6 Å². The second-order valence-electron chi connectivity index (χ2n) is 4.78. The minimum Gasteiger partial charge on any atom is -0.392 e. The number of benzene rings is 1. The third-order valence-electron chi connectivity index (χ3n) is 2.67. The van der Waals surface area contributed by atoms with Crippen molar-refractivity contribution in [3.63, 3.8) is 0 Å². The lowest BCUT2D eigenvalue weighted by molar-refractivity contribution is -0.131. The molecule has 0 aliphatic carbocycles. The molecule has 0 fully saturated rings. The van der Waals surface area contributed by atoms with Gasteiger partial charge in [-0.05, 0) is 19.5 Å². The summed E-state index contributed by atoms with van der Waals surface area (Å²) in [6.45, 7) is 3.16. The average molecular weight is 250 g/mol. The van der Waals surface area contributed by atoms with Crippen molar-refractivity contribution < 1.29 is 9.90 Å². The molecule has 1 N–H and O–H groups in total. The van der Waals surface area contributed by atoms with Gasteiger partial charge in [-0.25, -0.2) is 0 Å². The Balaban J connectivity index is 2.42. The zero-order valence-electron chi connectivity index (χ0n) is 11.3. The quantitative estimate of drug-likeness (QED) is 0.818. The van der Waals surface area contributed by atoms with Crippen LogP contribution in [-0.2, 0) is 11.3 Å². The first-order valence-electron chi connectivity index (χ1n) is 6.13. The molecule has 1 rings (SSSR count). The number of aliphatic hydroxyl groups is 1. The zero-order valence-corrected chi connectivity index (χ0v) is 11.3. The van der Waals surface area contributed by atoms with Crippen LogP contribution in [0.25, 0.3) is 0 Å². The summed E-state index contributed by atoms with van der Waals surface area (Å²) >= 11 is 0. The maximum atomic E-state index is 11.9. The predicted molar refractivity (Wildman–Crippen MR) is 72.1 cm³/mol. The minimum atomic E-state index is -0.415. The van der Waals surface area contributed by atoms with Gasteiger partial charge in [-0.1, -0.05) is 30.3 Å². The van der Waals surface area contributed by atoms with E-state index in [4.69, 9.17) is 0 Å². The number of likely N-dealkylation sites (N-methyl/N-ethyl adjacent to an activating group) is 2. The Kier molecular flexibility index (Phi) is 5.82. The highest BCUT2D eigenvalue weighted by atomic mass is 16.3. The van der Waals surface area contributed by atoms with Crippen LogP contribution in [0.1, 0.15) is 12.5 Å². The molecule has 0 heterocycles. The molecule has 1 aromatic rings. The van der Waals surface area contributed by atoms with Gasteiger partial charge < -0.3 is 10.0 Å². The molecule has 1 unspecified atom stereocenters. The van der Waals surface area contributed by atoms with E-state index in [1.807, 2.05) is 42.3 Å². The van der Waals surface area contributed by atoms with Gasteiger partial charge in [0.15, 0.2) is 0 Å². The average Bonchev–Trinajstić information content (AvgIpc) is 2.28. The second kappa shape index (κ2) is 7.13. The lowest BCUT2D eigenvalue weighted by Crippen LogP contribution is -2.38. The first-order chi connectivity index (χ1) is 8.49. The van der Waals surface area contributed by atoms with Crippen LogP contribution in [0.3, 0.4) is 0 Å². The number of aliphatic hydroxyl groups excluding tert-OH is 1. The van der Waals surface area contributed by atoms with Gasteiger partial charge in [0.25, 0.3) is 0 Å². The van der Waals surface area contributed by atoms with Crippen LogP contribution >= 0.6 is 0 Å². The molecule has 100 valence electrons. The fourth-order valence-corrected chi connectivity index (χ4v) is 1.81. The summed E-state index contributed by atoms with van der Waals surface area (Å²) in [6.07, 6.45) is -0.415. The molecule has 0 bridgehead atoms. The van der Waals surface area contributed by atoms with Crippen molar-refractivity contribution in [2.45, 2.75) is 19.6 Å². The molecule has 0 aromatic heterocycles. The number of hydrogen-bond acceptors (Lipinski definition) is 3. The molecular formula is C14H22N2O2. The largest absolute Gasteiger partial charge is 0.392 e. The van der Waals surface area contributed by atoms with Crippen molar-refractivity contribution in [1.29, 1.82) is 0 Å². The van der Waals surface area contributed by atoms with E-state index in [2.05, 4.69) is 0 Å². The van der Waals surface area contributed by atoms with Crippen molar-refractivity contribution >= 4 is 5.91 Å². The van der Waals surface area contributed by atoms with E-state index in [0.717, 1.165) is 5.56 Å². The van der Waals surface area contributed by atoms with Gasteiger partial charge in [-0.3, -0.25) is 9.69 Å². The van der Waals surface area contributed by atoms with Gasteiger partial charge in [0.05, 0.1) is 12.6 Å². The van der Waals surface area contributed by atoms with Crippen LogP contribution in [0.4, 0.5) is 0 Å². The Morgan fingerprint density at radius 1 is 1.28 bits per heavy atom. The molecular weight excluding hydrogens is 228 g/mol. The molecule has 0 saturated heterocycles. The molecule has 1 aromatic carbocycles. The summed E-state index contributed by atoms with van der Waals surface area (Å²) in [5.41, 5.74) is 1.12. The van der Waals surface area contributed by atoms with Crippen LogP contribution < -0.4 is 0 Å². The van der Waals surface area contributed by atoms with Crippen molar-refractivity contribution in [2.24, 2.45) is 0 Å². The predicted octanol–water partition coefficient (Wildman–Crippen LogP) is 0.958. The highest BCUT2D eigenvalue weighted by Gasteiger charge is 2.12. The van der Waals surface area contributed by atoms with Crippen LogP contribution in [0, 0.1) is 0 Å². The molecule has 0 saturated carbocycles. The summed E-state index contributed by atoms with van der Waals surface area (Å²) in [7, 11) is 3.63. The smallest absolute Gasteiger partial charge is 0.236 e. The second-order valence-corrected chi connectivity index (χ2v) is 4.78. The van der Waals surface area contributed by atoms with Crippen molar-refractivity contribution in [3.8, 4) is 0 Å². The van der Waals surface area contributed by atoms with Gasteiger partial charge in [-0.2, -0.15) is 0 Å². The Morgan fingerprint density at radius 3 is 2.44 bits per heavy atom. The first-order valence-corrected chi connectivity index (χ1v) is 6.13. The summed E-state index contributed by atoms with van der Waals surface area (Å²) < 4.78 is 0. The summed E-state index contributed by atoms with van der Waals surface area (Å²) in [6, 6.07) is 9.90. The standard InChI is InChI=1S/C14H22N2O2/c1-12(17)9-15(2)11-14(18)16(3)10-13-7-5-4-6-8-13/h4-8,12,17H,9-11H2,1-3H3. The maximum absolute atomic E-state index is 11.9. The number of amides is 1. The molecule has 18 heavy (non-hydrogen) atoms. The van der Waals surface area contributed by atoms with Crippen molar-refractivity contribution in [1.82, 2.24) is 9.80 Å². The highest BCUT2D eigenvalue weighted by molar-refractivity contribution is 5.77. The number of hydrogen-bond donors (Lipinski definition) is 1. The first kappa shape index (κ1) is 14.7. The maximum Gasteiger partial charge on any atom is 0.236 e. The minimum absolute atomic E-state index is 0.0574. The van der Waals surface area contributed by atoms with E-state index in [1.54, 1.807) is 18.9 Å².